The van der Waals surface area contributed by atoms with Gasteiger partial charge in [0.05, 0.1) is 5.56 Å². The molecule has 7 heteroatoms. The molecule has 0 unspecified atom stereocenters. The number of carbonyl (C=O) groups is 1. The summed E-state index contributed by atoms with van der Waals surface area (Å²) in [6.45, 7) is 1.28. The summed E-state index contributed by atoms with van der Waals surface area (Å²) < 4.78 is 49.3. The van der Waals surface area contributed by atoms with Gasteiger partial charge in [0.2, 0.25) is 0 Å². The second-order valence-corrected chi connectivity index (χ2v) is 4.17. The van der Waals surface area contributed by atoms with Crippen molar-refractivity contribution in [1.82, 2.24) is 5.32 Å². The zero-order valence-electron chi connectivity index (χ0n) is 10.3. The third kappa shape index (κ3) is 4.76. The standard InChI is InChI=1S/C12H14F4N2O/c1-7-5-8(17)6-9(10(7)13)11(19)18-4-2-3-12(14,15)16/h5-6H,2-4,17H2,1H3,(H,18,19). The Kier molecular flexibility index (Phi) is 4.74. The maximum atomic E-state index is 13.6. The monoisotopic (exact) mass is 278 g/mol. The lowest BCUT2D eigenvalue weighted by atomic mass is 10.1. The van der Waals surface area contributed by atoms with Gasteiger partial charge in [-0.3, -0.25) is 4.79 Å². The van der Waals surface area contributed by atoms with Crippen molar-refractivity contribution in [3.63, 3.8) is 0 Å². The minimum Gasteiger partial charge on any atom is -0.399 e. The molecule has 3 N–H and O–H groups in total. The Morgan fingerprint density at radius 1 is 1.37 bits per heavy atom. The minimum atomic E-state index is -4.26. The van der Waals surface area contributed by atoms with E-state index in [0.29, 0.717) is 0 Å². The molecule has 0 radical (unpaired) electrons. The van der Waals surface area contributed by atoms with Crippen LogP contribution in [0.1, 0.15) is 28.8 Å². The lowest BCUT2D eigenvalue weighted by Crippen LogP contribution is -2.26. The van der Waals surface area contributed by atoms with Crippen molar-refractivity contribution >= 4 is 11.6 Å². The topological polar surface area (TPSA) is 55.1 Å². The lowest BCUT2D eigenvalue weighted by molar-refractivity contribution is -0.135. The van der Waals surface area contributed by atoms with Gasteiger partial charge in [0, 0.05) is 18.7 Å². The molecule has 1 amide bonds. The molecule has 0 fully saturated rings. The first-order chi connectivity index (χ1) is 8.70. The maximum Gasteiger partial charge on any atom is 0.389 e. The largest absolute Gasteiger partial charge is 0.399 e. The summed E-state index contributed by atoms with van der Waals surface area (Å²) in [5, 5.41) is 2.23. The molecule has 3 nitrogen and oxygen atoms in total. The summed E-state index contributed by atoms with van der Waals surface area (Å²) in [7, 11) is 0. The van der Waals surface area contributed by atoms with Crippen LogP contribution in [-0.4, -0.2) is 18.6 Å². The van der Waals surface area contributed by atoms with Gasteiger partial charge in [-0.15, -0.1) is 0 Å². The number of nitrogens with two attached hydrogens (primary N) is 1. The third-order valence-electron chi connectivity index (χ3n) is 2.44. The van der Waals surface area contributed by atoms with Gasteiger partial charge in [-0.2, -0.15) is 13.2 Å². The fourth-order valence-corrected chi connectivity index (χ4v) is 1.55. The third-order valence-corrected chi connectivity index (χ3v) is 2.44. The van der Waals surface area contributed by atoms with Crippen LogP contribution in [0, 0.1) is 12.7 Å². The molecule has 0 spiro atoms. The Morgan fingerprint density at radius 2 is 2.00 bits per heavy atom. The maximum absolute atomic E-state index is 13.6. The predicted molar refractivity (Wildman–Crippen MR) is 63.2 cm³/mol. The second-order valence-electron chi connectivity index (χ2n) is 4.17. The van der Waals surface area contributed by atoms with E-state index in [2.05, 4.69) is 5.32 Å². The zero-order chi connectivity index (χ0) is 14.6. The predicted octanol–water partition coefficient (Wildman–Crippen LogP) is 2.79. The van der Waals surface area contributed by atoms with Gasteiger partial charge in [0.25, 0.3) is 5.91 Å². The van der Waals surface area contributed by atoms with E-state index in [0.717, 1.165) is 6.07 Å². The van der Waals surface area contributed by atoms with Gasteiger partial charge < -0.3 is 11.1 Å². The van der Waals surface area contributed by atoms with Crippen LogP contribution in [0.2, 0.25) is 0 Å². The van der Waals surface area contributed by atoms with E-state index in [-0.39, 0.29) is 29.8 Å². The van der Waals surface area contributed by atoms with Crippen LogP contribution in [0.3, 0.4) is 0 Å². The summed E-state index contributed by atoms with van der Waals surface area (Å²) in [4.78, 5) is 11.6. The number of benzene rings is 1. The number of hydrogen-bond acceptors (Lipinski definition) is 2. The molecule has 0 atom stereocenters. The molecule has 1 aromatic rings. The first kappa shape index (κ1) is 15.3. The highest BCUT2D eigenvalue weighted by Gasteiger charge is 2.26. The number of hydrogen-bond donors (Lipinski definition) is 2. The van der Waals surface area contributed by atoms with Crippen molar-refractivity contribution in [1.29, 1.82) is 0 Å². The molecule has 0 aromatic heterocycles. The van der Waals surface area contributed by atoms with Gasteiger partial charge in [-0.25, -0.2) is 4.39 Å². The van der Waals surface area contributed by atoms with Crippen molar-refractivity contribution in [3.05, 3.63) is 29.1 Å². The Bertz CT molecular complexity index is 472. The molecule has 106 valence electrons. The van der Waals surface area contributed by atoms with Crippen LogP contribution in [0.4, 0.5) is 23.2 Å². The van der Waals surface area contributed by atoms with E-state index < -0.39 is 24.3 Å². The number of aryl methyl sites for hydroxylation is 1. The molecular weight excluding hydrogens is 264 g/mol. The molecule has 0 saturated carbocycles. The number of alkyl halides is 3. The Labute approximate surface area is 107 Å². The highest BCUT2D eigenvalue weighted by atomic mass is 19.4. The number of amides is 1. The first-order valence-corrected chi connectivity index (χ1v) is 5.61. The van der Waals surface area contributed by atoms with E-state index in [1.807, 2.05) is 0 Å². The molecule has 0 aliphatic heterocycles. The molecule has 0 aliphatic rings. The summed E-state index contributed by atoms with van der Waals surface area (Å²) in [6, 6.07) is 2.52. The number of nitrogen functional groups attached to an aromatic ring is 1. The Balaban J connectivity index is 2.60. The molecule has 0 heterocycles. The number of anilines is 1. The lowest BCUT2D eigenvalue weighted by Gasteiger charge is -2.09. The van der Waals surface area contributed by atoms with Crippen molar-refractivity contribution in [2.24, 2.45) is 0 Å². The van der Waals surface area contributed by atoms with Crippen molar-refractivity contribution in [2.75, 3.05) is 12.3 Å². The van der Waals surface area contributed by atoms with Crippen LogP contribution >= 0.6 is 0 Å². The molecule has 19 heavy (non-hydrogen) atoms. The average Bonchev–Trinajstić information content (AvgIpc) is 2.27. The molecule has 1 rings (SSSR count). The summed E-state index contributed by atoms with van der Waals surface area (Å²) >= 11 is 0. The zero-order valence-corrected chi connectivity index (χ0v) is 10.3. The summed E-state index contributed by atoms with van der Waals surface area (Å²) in [5.74, 6) is -1.49. The van der Waals surface area contributed by atoms with Crippen LogP contribution in [-0.2, 0) is 0 Å². The van der Waals surface area contributed by atoms with E-state index in [1.165, 1.54) is 13.0 Å². The Morgan fingerprint density at radius 3 is 2.58 bits per heavy atom. The van der Waals surface area contributed by atoms with Crippen LogP contribution in [0.25, 0.3) is 0 Å². The first-order valence-electron chi connectivity index (χ1n) is 5.61. The quantitative estimate of drug-likeness (QED) is 0.505. The summed E-state index contributed by atoms with van der Waals surface area (Å²) in [6.07, 6.45) is -5.51. The second kappa shape index (κ2) is 5.90. The van der Waals surface area contributed by atoms with Gasteiger partial charge >= 0.3 is 6.18 Å². The van der Waals surface area contributed by atoms with Crippen molar-refractivity contribution in [2.45, 2.75) is 25.9 Å². The molecule has 0 bridgehead atoms. The number of rotatable bonds is 4. The fraction of sp³-hybridized carbons (Fsp3) is 0.417. The van der Waals surface area contributed by atoms with E-state index in [1.54, 1.807) is 0 Å². The number of halogens is 4. The SMILES string of the molecule is Cc1cc(N)cc(C(=O)NCCCC(F)(F)F)c1F. The molecule has 0 aliphatic carbocycles. The van der Waals surface area contributed by atoms with Crippen LogP contribution < -0.4 is 11.1 Å². The van der Waals surface area contributed by atoms with Crippen LogP contribution in [0.15, 0.2) is 12.1 Å². The number of nitrogens with one attached hydrogen (secondary N) is 1. The van der Waals surface area contributed by atoms with Crippen molar-refractivity contribution in [3.8, 4) is 0 Å². The smallest absolute Gasteiger partial charge is 0.389 e. The van der Waals surface area contributed by atoms with Crippen LogP contribution in [0.5, 0.6) is 0 Å². The molecular formula is C12H14F4N2O. The molecule has 1 aromatic carbocycles. The minimum absolute atomic E-state index is 0.175. The van der Waals surface area contributed by atoms with E-state index in [4.69, 9.17) is 5.73 Å². The fourth-order valence-electron chi connectivity index (χ4n) is 1.55. The highest BCUT2D eigenvalue weighted by Crippen LogP contribution is 2.21. The normalized spacial score (nSPS) is 11.4. The average molecular weight is 278 g/mol. The van der Waals surface area contributed by atoms with Gasteiger partial charge in [0.15, 0.2) is 0 Å². The van der Waals surface area contributed by atoms with E-state index in [9.17, 15) is 22.4 Å². The Hall–Kier alpha value is -1.79. The van der Waals surface area contributed by atoms with E-state index >= 15 is 0 Å². The van der Waals surface area contributed by atoms with Gasteiger partial charge in [-0.1, -0.05) is 0 Å². The molecule has 0 saturated heterocycles. The number of carbonyl (C=O) groups excluding carboxylic acids is 1. The van der Waals surface area contributed by atoms with Crippen molar-refractivity contribution < 1.29 is 22.4 Å². The highest BCUT2D eigenvalue weighted by molar-refractivity contribution is 5.95. The summed E-state index contributed by atoms with van der Waals surface area (Å²) in [5.41, 5.74) is 5.65. The van der Waals surface area contributed by atoms with Gasteiger partial charge in [-0.05, 0) is 31.0 Å². The van der Waals surface area contributed by atoms with Gasteiger partial charge in [0.1, 0.15) is 5.82 Å².